The van der Waals surface area contributed by atoms with E-state index in [1.165, 1.54) is 6.07 Å². The molecule has 1 heterocycles. The SMILES string of the molecule is CCC(CC)Oc1ccnc(C(F)(F)F)n1. The lowest BCUT2D eigenvalue weighted by atomic mass is 10.2. The highest BCUT2D eigenvalue weighted by Gasteiger charge is 2.34. The average molecular weight is 234 g/mol. The molecule has 6 heteroatoms. The maximum Gasteiger partial charge on any atom is 0.451 e. The highest BCUT2D eigenvalue weighted by Crippen LogP contribution is 2.27. The number of aromatic nitrogens is 2. The molecule has 0 bridgehead atoms. The Bertz CT molecular complexity index is 337. The molecule has 0 unspecified atom stereocenters. The molecule has 0 aliphatic carbocycles. The van der Waals surface area contributed by atoms with Gasteiger partial charge in [-0.2, -0.15) is 18.2 Å². The standard InChI is InChI=1S/C10H13F3N2O/c1-3-7(4-2)16-8-5-6-14-9(15-8)10(11,12)13/h5-7H,3-4H2,1-2H3. The van der Waals surface area contributed by atoms with Crippen LogP contribution >= 0.6 is 0 Å². The van der Waals surface area contributed by atoms with Crippen molar-refractivity contribution in [2.24, 2.45) is 0 Å². The van der Waals surface area contributed by atoms with E-state index in [0.29, 0.717) is 0 Å². The summed E-state index contributed by atoms with van der Waals surface area (Å²) in [6.45, 7) is 3.81. The van der Waals surface area contributed by atoms with Crippen molar-refractivity contribution in [2.75, 3.05) is 0 Å². The molecule has 1 rings (SSSR count). The second kappa shape index (κ2) is 5.14. The van der Waals surface area contributed by atoms with Gasteiger partial charge in [-0.3, -0.25) is 0 Å². The maximum absolute atomic E-state index is 12.3. The van der Waals surface area contributed by atoms with Crippen LogP contribution in [0.25, 0.3) is 0 Å². The fourth-order valence-corrected chi connectivity index (χ4v) is 1.17. The summed E-state index contributed by atoms with van der Waals surface area (Å²) < 4.78 is 42.2. The minimum Gasteiger partial charge on any atom is -0.474 e. The quantitative estimate of drug-likeness (QED) is 0.803. The largest absolute Gasteiger partial charge is 0.474 e. The lowest BCUT2D eigenvalue weighted by molar-refractivity contribution is -0.145. The summed E-state index contributed by atoms with van der Waals surface area (Å²) in [7, 11) is 0. The second-order valence-electron chi connectivity index (χ2n) is 3.27. The van der Waals surface area contributed by atoms with E-state index in [9.17, 15) is 13.2 Å². The van der Waals surface area contributed by atoms with E-state index in [0.717, 1.165) is 19.0 Å². The summed E-state index contributed by atoms with van der Waals surface area (Å²) in [6.07, 6.45) is -2.15. The number of ether oxygens (including phenoxy) is 1. The molecule has 1 aromatic heterocycles. The molecular formula is C10H13F3N2O. The van der Waals surface area contributed by atoms with Gasteiger partial charge in [0.05, 0.1) is 6.10 Å². The Morgan fingerprint density at radius 2 is 1.94 bits per heavy atom. The third kappa shape index (κ3) is 3.36. The van der Waals surface area contributed by atoms with E-state index >= 15 is 0 Å². The molecule has 0 fully saturated rings. The first-order chi connectivity index (χ1) is 7.47. The zero-order valence-corrected chi connectivity index (χ0v) is 9.08. The molecule has 0 radical (unpaired) electrons. The third-order valence-electron chi connectivity index (χ3n) is 2.08. The van der Waals surface area contributed by atoms with Gasteiger partial charge in [-0.05, 0) is 12.8 Å². The molecule has 0 atom stereocenters. The Hall–Kier alpha value is -1.33. The lowest BCUT2D eigenvalue weighted by Crippen LogP contribution is -2.17. The van der Waals surface area contributed by atoms with E-state index in [-0.39, 0.29) is 12.0 Å². The molecule has 0 saturated carbocycles. The first-order valence-corrected chi connectivity index (χ1v) is 5.04. The Morgan fingerprint density at radius 1 is 1.31 bits per heavy atom. The minimum absolute atomic E-state index is 0.0315. The number of rotatable bonds is 4. The van der Waals surface area contributed by atoms with Crippen molar-refractivity contribution in [2.45, 2.75) is 39.0 Å². The van der Waals surface area contributed by atoms with Crippen LogP contribution in [0, 0.1) is 0 Å². The van der Waals surface area contributed by atoms with Gasteiger partial charge in [-0.15, -0.1) is 0 Å². The second-order valence-corrected chi connectivity index (χ2v) is 3.27. The monoisotopic (exact) mass is 234 g/mol. The summed E-state index contributed by atoms with van der Waals surface area (Å²) in [5.74, 6) is -1.20. The van der Waals surface area contributed by atoms with E-state index < -0.39 is 12.0 Å². The number of halogens is 3. The fourth-order valence-electron chi connectivity index (χ4n) is 1.17. The van der Waals surface area contributed by atoms with Crippen molar-refractivity contribution in [1.82, 2.24) is 9.97 Å². The molecule has 90 valence electrons. The Morgan fingerprint density at radius 3 is 2.44 bits per heavy atom. The van der Waals surface area contributed by atoms with Crippen LogP contribution < -0.4 is 4.74 Å². The molecule has 0 N–H and O–H groups in total. The summed E-state index contributed by atoms with van der Waals surface area (Å²) >= 11 is 0. The fraction of sp³-hybridized carbons (Fsp3) is 0.600. The van der Waals surface area contributed by atoms with E-state index in [2.05, 4.69) is 9.97 Å². The molecular weight excluding hydrogens is 221 g/mol. The molecule has 1 aromatic rings. The van der Waals surface area contributed by atoms with Gasteiger partial charge in [0, 0.05) is 12.3 Å². The van der Waals surface area contributed by atoms with Crippen LogP contribution in [0.4, 0.5) is 13.2 Å². The van der Waals surface area contributed by atoms with Gasteiger partial charge in [-0.25, -0.2) is 4.98 Å². The highest BCUT2D eigenvalue weighted by atomic mass is 19.4. The molecule has 0 aliphatic rings. The zero-order chi connectivity index (χ0) is 12.2. The number of nitrogens with zero attached hydrogens (tertiary/aromatic N) is 2. The third-order valence-corrected chi connectivity index (χ3v) is 2.08. The van der Waals surface area contributed by atoms with Crippen molar-refractivity contribution in [3.8, 4) is 5.88 Å². The van der Waals surface area contributed by atoms with E-state index in [1.54, 1.807) is 0 Å². The number of hydrogen-bond donors (Lipinski definition) is 0. The summed E-state index contributed by atoms with van der Waals surface area (Å²) in [4.78, 5) is 6.47. The van der Waals surface area contributed by atoms with Crippen LogP contribution in [-0.2, 0) is 6.18 Å². The van der Waals surface area contributed by atoms with E-state index in [1.807, 2.05) is 13.8 Å². The number of alkyl halides is 3. The Balaban J connectivity index is 2.82. The zero-order valence-electron chi connectivity index (χ0n) is 9.08. The van der Waals surface area contributed by atoms with Crippen LogP contribution in [0.3, 0.4) is 0 Å². The van der Waals surface area contributed by atoms with Crippen molar-refractivity contribution < 1.29 is 17.9 Å². The normalized spacial score (nSPS) is 11.9. The molecule has 0 aliphatic heterocycles. The molecule has 0 aromatic carbocycles. The van der Waals surface area contributed by atoms with Crippen molar-refractivity contribution in [3.63, 3.8) is 0 Å². The molecule has 16 heavy (non-hydrogen) atoms. The Kier molecular flexibility index (Phi) is 4.09. The number of hydrogen-bond acceptors (Lipinski definition) is 3. The van der Waals surface area contributed by atoms with Gasteiger partial charge in [0.25, 0.3) is 0 Å². The van der Waals surface area contributed by atoms with Crippen LogP contribution in [0.1, 0.15) is 32.5 Å². The van der Waals surface area contributed by atoms with Gasteiger partial charge in [0.2, 0.25) is 11.7 Å². The van der Waals surface area contributed by atoms with E-state index in [4.69, 9.17) is 4.74 Å². The minimum atomic E-state index is -4.53. The van der Waals surface area contributed by atoms with Gasteiger partial charge in [0.15, 0.2) is 0 Å². The molecule has 0 amide bonds. The first-order valence-electron chi connectivity index (χ1n) is 5.04. The predicted molar refractivity (Wildman–Crippen MR) is 52.0 cm³/mol. The average Bonchev–Trinajstić information content (AvgIpc) is 2.25. The summed E-state index contributed by atoms with van der Waals surface area (Å²) in [5.41, 5.74) is 0. The van der Waals surface area contributed by atoms with Crippen molar-refractivity contribution in [3.05, 3.63) is 18.1 Å². The first kappa shape index (κ1) is 12.7. The molecule has 0 spiro atoms. The Labute approximate surface area is 91.7 Å². The molecule has 0 saturated heterocycles. The summed E-state index contributed by atoms with van der Waals surface area (Å²) in [5, 5.41) is 0. The topological polar surface area (TPSA) is 35.0 Å². The van der Waals surface area contributed by atoms with Gasteiger partial charge >= 0.3 is 6.18 Å². The smallest absolute Gasteiger partial charge is 0.451 e. The van der Waals surface area contributed by atoms with Crippen LogP contribution in [0.5, 0.6) is 5.88 Å². The van der Waals surface area contributed by atoms with Crippen LogP contribution in [0.2, 0.25) is 0 Å². The molecule has 3 nitrogen and oxygen atoms in total. The van der Waals surface area contributed by atoms with Crippen LogP contribution in [0.15, 0.2) is 12.3 Å². The van der Waals surface area contributed by atoms with Gasteiger partial charge < -0.3 is 4.74 Å². The van der Waals surface area contributed by atoms with Crippen LogP contribution in [-0.4, -0.2) is 16.1 Å². The van der Waals surface area contributed by atoms with Gasteiger partial charge in [0.1, 0.15) is 0 Å². The highest BCUT2D eigenvalue weighted by molar-refractivity contribution is 5.10. The van der Waals surface area contributed by atoms with Crippen molar-refractivity contribution >= 4 is 0 Å². The lowest BCUT2D eigenvalue weighted by Gasteiger charge is -2.15. The van der Waals surface area contributed by atoms with Crippen molar-refractivity contribution in [1.29, 1.82) is 0 Å². The predicted octanol–water partition coefficient (Wildman–Crippen LogP) is 3.06. The maximum atomic E-state index is 12.3. The van der Waals surface area contributed by atoms with Gasteiger partial charge in [-0.1, -0.05) is 13.8 Å². The summed E-state index contributed by atoms with van der Waals surface area (Å²) in [6, 6.07) is 1.33.